The molecule has 0 N–H and O–H groups in total. The SMILES string of the molecule is COc1cc(OCc2ccc(Cl)cc2)ccc1C(C)=O. The molecule has 2 aromatic carbocycles. The molecule has 20 heavy (non-hydrogen) atoms. The van der Waals surface area contributed by atoms with Gasteiger partial charge in [-0.05, 0) is 36.8 Å². The van der Waals surface area contributed by atoms with Crippen LogP contribution in [0.25, 0.3) is 0 Å². The van der Waals surface area contributed by atoms with Crippen molar-refractivity contribution in [2.45, 2.75) is 13.5 Å². The number of halogens is 1. The monoisotopic (exact) mass is 290 g/mol. The maximum atomic E-state index is 11.4. The van der Waals surface area contributed by atoms with E-state index >= 15 is 0 Å². The van der Waals surface area contributed by atoms with Gasteiger partial charge < -0.3 is 9.47 Å². The number of hydrogen-bond donors (Lipinski definition) is 0. The summed E-state index contributed by atoms with van der Waals surface area (Å²) in [6, 6.07) is 12.6. The molecule has 0 amide bonds. The van der Waals surface area contributed by atoms with Crippen LogP contribution in [0, 0.1) is 0 Å². The molecule has 0 fully saturated rings. The van der Waals surface area contributed by atoms with Gasteiger partial charge in [-0.25, -0.2) is 0 Å². The zero-order chi connectivity index (χ0) is 14.5. The van der Waals surface area contributed by atoms with Crippen LogP contribution in [0.1, 0.15) is 22.8 Å². The first-order valence-electron chi connectivity index (χ1n) is 6.16. The standard InChI is InChI=1S/C16H15ClO3/c1-11(18)15-8-7-14(9-16(15)19-2)20-10-12-3-5-13(17)6-4-12/h3-9H,10H2,1-2H3. The van der Waals surface area contributed by atoms with Crippen molar-refractivity contribution in [3.8, 4) is 11.5 Å². The smallest absolute Gasteiger partial charge is 0.163 e. The van der Waals surface area contributed by atoms with E-state index in [1.165, 1.54) is 14.0 Å². The third kappa shape index (κ3) is 3.52. The molecule has 3 nitrogen and oxygen atoms in total. The van der Waals surface area contributed by atoms with Crippen molar-refractivity contribution in [2.75, 3.05) is 7.11 Å². The molecule has 0 unspecified atom stereocenters. The largest absolute Gasteiger partial charge is 0.496 e. The lowest BCUT2D eigenvalue weighted by Gasteiger charge is -2.10. The lowest BCUT2D eigenvalue weighted by atomic mass is 10.1. The van der Waals surface area contributed by atoms with E-state index in [1.807, 2.05) is 24.3 Å². The van der Waals surface area contributed by atoms with Crippen molar-refractivity contribution in [2.24, 2.45) is 0 Å². The van der Waals surface area contributed by atoms with Crippen LogP contribution in [0.5, 0.6) is 11.5 Å². The highest BCUT2D eigenvalue weighted by atomic mass is 35.5. The predicted molar refractivity (Wildman–Crippen MR) is 78.8 cm³/mol. The average molecular weight is 291 g/mol. The number of hydrogen-bond acceptors (Lipinski definition) is 3. The summed E-state index contributed by atoms with van der Waals surface area (Å²) in [5.74, 6) is 1.14. The Kier molecular flexibility index (Phi) is 4.64. The van der Waals surface area contributed by atoms with E-state index in [1.54, 1.807) is 18.2 Å². The first kappa shape index (κ1) is 14.4. The van der Waals surface area contributed by atoms with Crippen LogP contribution in [0.3, 0.4) is 0 Å². The van der Waals surface area contributed by atoms with Crippen molar-refractivity contribution in [3.63, 3.8) is 0 Å². The normalized spacial score (nSPS) is 10.2. The maximum Gasteiger partial charge on any atom is 0.163 e. The third-order valence-corrected chi connectivity index (χ3v) is 3.12. The third-order valence-electron chi connectivity index (χ3n) is 2.87. The van der Waals surface area contributed by atoms with Gasteiger partial charge in [0.1, 0.15) is 18.1 Å². The fraction of sp³-hybridized carbons (Fsp3) is 0.188. The van der Waals surface area contributed by atoms with Crippen LogP contribution in [0.2, 0.25) is 5.02 Å². The Morgan fingerprint density at radius 3 is 2.45 bits per heavy atom. The van der Waals surface area contributed by atoms with E-state index in [4.69, 9.17) is 21.1 Å². The summed E-state index contributed by atoms with van der Waals surface area (Å²) in [6.45, 7) is 1.94. The van der Waals surface area contributed by atoms with E-state index in [2.05, 4.69) is 0 Å². The minimum atomic E-state index is -0.0360. The van der Waals surface area contributed by atoms with Crippen LogP contribution in [0.15, 0.2) is 42.5 Å². The zero-order valence-electron chi connectivity index (χ0n) is 11.4. The lowest BCUT2D eigenvalue weighted by Crippen LogP contribution is -2.00. The number of carbonyl (C=O) groups is 1. The van der Waals surface area contributed by atoms with Gasteiger partial charge in [0.15, 0.2) is 5.78 Å². The highest BCUT2D eigenvalue weighted by Gasteiger charge is 2.09. The number of ketones is 1. The van der Waals surface area contributed by atoms with Gasteiger partial charge in [-0.2, -0.15) is 0 Å². The molecule has 2 aromatic rings. The number of Topliss-reactive ketones (excluding diaryl/α,β-unsaturated/α-hetero) is 1. The minimum Gasteiger partial charge on any atom is -0.496 e. The second-order valence-corrected chi connectivity index (χ2v) is 4.77. The topological polar surface area (TPSA) is 35.5 Å². The summed E-state index contributed by atoms with van der Waals surface area (Å²) in [7, 11) is 1.53. The summed E-state index contributed by atoms with van der Waals surface area (Å²) in [5, 5.41) is 0.696. The Morgan fingerprint density at radius 1 is 1.15 bits per heavy atom. The molecule has 0 aliphatic rings. The average Bonchev–Trinajstić information content (AvgIpc) is 2.46. The molecule has 0 bridgehead atoms. The highest BCUT2D eigenvalue weighted by molar-refractivity contribution is 6.30. The van der Waals surface area contributed by atoms with Crippen LogP contribution in [0.4, 0.5) is 0 Å². The molecule has 0 radical (unpaired) electrons. The molecule has 2 rings (SSSR count). The Hall–Kier alpha value is -2.00. The number of benzene rings is 2. The molecule has 0 spiro atoms. The van der Waals surface area contributed by atoms with Crippen molar-refractivity contribution in [1.82, 2.24) is 0 Å². The zero-order valence-corrected chi connectivity index (χ0v) is 12.1. The quantitative estimate of drug-likeness (QED) is 0.777. The Morgan fingerprint density at radius 2 is 1.85 bits per heavy atom. The maximum absolute atomic E-state index is 11.4. The molecular formula is C16H15ClO3. The van der Waals surface area contributed by atoms with Gasteiger partial charge in [-0.1, -0.05) is 23.7 Å². The van der Waals surface area contributed by atoms with E-state index in [0.717, 1.165) is 5.56 Å². The summed E-state index contributed by atoms with van der Waals surface area (Å²) in [4.78, 5) is 11.4. The predicted octanol–water partition coefficient (Wildman–Crippen LogP) is 4.13. The van der Waals surface area contributed by atoms with Gasteiger partial charge in [-0.15, -0.1) is 0 Å². The Balaban J connectivity index is 2.10. The van der Waals surface area contributed by atoms with Crippen LogP contribution >= 0.6 is 11.6 Å². The van der Waals surface area contributed by atoms with Crippen LogP contribution in [-0.2, 0) is 6.61 Å². The number of rotatable bonds is 5. The van der Waals surface area contributed by atoms with Gasteiger partial charge in [0.2, 0.25) is 0 Å². The summed E-state index contributed by atoms with van der Waals surface area (Å²) in [5.41, 5.74) is 1.57. The van der Waals surface area contributed by atoms with E-state index in [0.29, 0.717) is 28.7 Å². The fourth-order valence-corrected chi connectivity index (χ4v) is 1.93. The summed E-state index contributed by atoms with van der Waals surface area (Å²) < 4.78 is 10.9. The van der Waals surface area contributed by atoms with Gasteiger partial charge >= 0.3 is 0 Å². The highest BCUT2D eigenvalue weighted by Crippen LogP contribution is 2.25. The fourth-order valence-electron chi connectivity index (χ4n) is 1.80. The van der Waals surface area contributed by atoms with E-state index in [9.17, 15) is 4.79 Å². The molecule has 0 aromatic heterocycles. The van der Waals surface area contributed by atoms with Gasteiger partial charge in [0.05, 0.1) is 12.7 Å². The van der Waals surface area contributed by atoms with Gasteiger partial charge in [0.25, 0.3) is 0 Å². The van der Waals surface area contributed by atoms with Gasteiger partial charge in [0, 0.05) is 11.1 Å². The summed E-state index contributed by atoms with van der Waals surface area (Å²) >= 11 is 5.83. The molecule has 0 heterocycles. The lowest BCUT2D eigenvalue weighted by molar-refractivity contribution is 0.101. The van der Waals surface area contributed by atoms with E-state index < -0.39 is 0 Å². The molecular weight excluding hydrogens is 276 g/mol. The number of carbonyl (C=O) groups excluding carboxylic acids is 1. The van der Waals surface area contributed by atoms with Crippen molar-refractivity contribution in [1.29, 1.82) is 0 Å². The molecule has 0 aliphatic carbocycles. The van der Waals surface area contributed by atoms with Crippen LogP contribution in [-0.4, -0.2) is 12.9 Å². The van der Waals surface area contributed by atoms with E-state index in [-0.39, 0.29) is 5.78 Å². The first-order valence-corrected chi connectivity index (χ1v) is 6.54. The Labute approximate surface area is 123 Å². The van der Waals surface area contributed by atoms with Gasteiger partial charge in [-0.3, -0.25) is 4.79 Å². The Bertz CT molecular complexity index is 606. The minimum absolute atomic E-state index is 0.0360. The molecule has 0 aliphatic heterocycles. The summed E-state index contributed by atoms with van der Waals surface area (Å²) in [6.07, 6.45) is 0. The molecule has 104 valence electrons. The van der Waals surface area contributed by atoms with Crippen LogP contribution < -0.4 is 9.47 Å². The molecule has 0 atom stereocenters. The molecule has 0 saturated heterocycles. The second-order valence-electron chi connectivity index (χ2n) is 4.33. The second kappa shape index (κ2) is 6.44. The number of methoxy groups -OCH3 is 1. The molecule has 0 saturated carbocycles. The van der Waals surface area contributed by atoms with Crippen molar-refractivity contribution in [3.05, 3.63) is 58.6 Å². The first-order chi connectivity index (χ1) is 9.60. The van der Waals surface area contributed by atoms with Crippen molar-refractivity contribution >= 4 is 17.4 Å². The van der Waals surface area contributed by atoms with Crippen molar-refractivity contribution < 1.29 is 14.3 Å². The number of ether oxygens (including phenoxy) is 2. The molecule has 4 heteroatoms.